The second kappa shape index (κ2) is 9.55. The lowest BCUT2D eigenvalue weighted by Crippen LogP contribution is -2.49. The maximum absolute atomic E-state index is 12.7. The van der Waals surface area contributed by atoms with E-state index in [9.17, 15) is 4.79 Å². The predicted octanol–water partition coefficient (Wildman–Crippen LogP) is 3.08. The summed E-state index contributed by atoms with van der Waals surface area (Å²) in [4.78, 5) is 23.8. The Kier molecular flexibility index (Phi) is 6.62. The van der Waals surface area contributed by atoms with Crippen LogP contribution in [0.3, 0.4) is 0 Å². The lowest BCUT2D eigenvalue weighted by molar-refractivity contribution is -0.132. The van der Waals surface area contributed by atoms with E-state index in [-0.39, 0.29) is 5.91 Å². The SMILES string of the molecule is COc1ccc(CN2CCN(CC(=O)N(C)Cc3nc4ccccc4s3)CC2)cc1. The van der Waals surface area contributed by atoms with Crippen LogP contribution in [0.4, 0.5) is 0 Å². The maximum Gasteiger partial charge on any atom is 0.236 e. The number of hydrogen-bond acceptors (Lipinski definition) is 6. The number of amides is 1. The largest absolute Gasteiger partial charge is 0.497 e. The molecule has 0 aliphatic carbocycles. The molecular formula is C23H28N4O2S. The van der Waals surface area contributed by atoms with E-state index in [0.717, 1.165) is 49.0 Å². The number of hydrogen-bond donors (Lipinski definition) is 0. The molecule has 158 valence electrons. The van der Waals surface area contributed by atoms with Gasteiger partial charge in [-0.1, -0.05) is 24.3 Å². The molecule has 0 radical (unpaired) electrons. The van der Waals surface area contributed by atoms with Crippen molar-refractivity contribution in [2.24, 2.45) is 0 Å². The van der Waals surface area contributed by atoms with Crippen LogP contribution in [0.25, 0.3) is 10.2 Å². The molecule has 3 aromatic rings. The molecule has 30 heavy (non-hydrogen) atoms. The summed E-state index contributed by atoms with van der Waals surface area (Å²) < 4.78 is 6.39. The number of ether oxygens (including phenoxy) is 1. The molecule has 1 saturated heterocycles. The highest BCUT2D eigenvalue weighted by atomic mass is 32.1. The summed E-state index contributed by atoms with van der Waals surface area (Å²) >= 11 is 1.66. The standard InChI is InChI=1S/C23H28N4O2S/c1-25(16-22-24-20-5-3-4-6-21(20)30-22)23(28)17-27-13-11-26(12-14-27)15-18-7-9-19(29-2)10-8-18/h3-10H,11-17H2,1-2H3. The molecule has 1 fully saturated rings. The Balaban J connectivity index is 1.23. The number of likely N-dealkylation sites (N-methyl/N-ethyl adjacent to an activating group) is 1. The van der Waals surface area contributed by atoms with Crippen molar-refractivity contribution in [1.82, 2.24) is 19.7 Å². The minimum Gasteiger partial charge on any atom is -0.497 e. The zero-order valence-electron chi connectivity index (χ0n) is 17.6. The fraction of sp³-hybridized carbons (Fsp3) is 0.391. The summed E-state index contributed by atoms with van der Waals surface area (Å²) in [6, 6.07) is 16.4. The van der Waals surface area contributed by atoms with E-state index in [2.05, 4.69) is 33.0 Å². The number of rotatable bonds is 7. The molecule has 1 aliphatic heterocycles. The zero-order chi connectivity index (χ0) is 20.9. The number of thiazole rings is 1. The van der Waals surface area contributed by atoms with Crippen molar-refractivity contribution in [3.8, 4) is 5.75 Å². The number of nitrogens with zero attached hydrogens (tertiary/aromatic N) is 4. The van der Waals surface area contributed by atoms with Gasteiger partial charge in [-0.2, -0.15) is 0 Å². The lowest BCUT2D eigenvalue weighted by atomic mass is 10.2. The van der Waals surface area contributed by atoms with E-state index in [1.165, 1.54) is 10.3 Å². The van der Waals surface area contributed by atoms with Crippen molar-refractivity contribution in [1.29, 1.82) is 0 Å². The fourth-order valence-electron chi connectivity index (χ4n) is 3.69. The number of carbonyl (C=O) groups excluding carboxylic acids is 1. The van der Waals surface area contributed by atoms with Crippen LogP contribution in [-0.4, -0.2) is 72.5 Å². The average Bonchev–Trinajstić information content (AvgIpc) is 3.18. The van der Waals surface area contributed by atoms with Gasteiger partial charge in [0.05, 0.1) is 30.4 Å². The first-order valence-electron chi connectivity index (χ1n) is 10.3. The van der Waals surface area contributed by atoms with Crippen molar-refractivity contribution in [3.05, 3.63) is 59.1 Å². The topological polar surface area (TPSA) is 48.9 Å². The molecule has 7 heteroatoms. The highest BCUT2D eigenvalue weighted by Crippen LogP contribution is 2.22. The van der Waals surface area contributed by atoms with E-state index in [4.69, 9.17) is 4.74 Å². The minimum absolute atomic E-state index is 0.151. The second-order valence-electron chi connectivity index (χ2n) is 7.73. The van der Waals surface area contributed by atoms with Gasteiger partial charge in [0.1, 0.15) is 10.8 Å². The number of para-hydroxylation sites is 1. The van der Waals surface area contributed by atoms with Gasteiger partial charge in [-0.15, -0.1) is 11.3 Å². The minimum atomic E-state index is 0.151. The van der Waals surface area contributed by atoms with Crippen LogP contribution in [0.5, 0.6) is 5.75 Å². The molecular weight excluding hydrogens is 396 g/mol. The van der Waals surface area contributed by atoms with Crippen molar-refractivity contribution < 1.29 is 9.53 Å². The summed E-state index contributed by atoms with van der Waals surface area (Å²) in [6.07, 6.45) is 0. The molecule has 0 N–H and O–H groups in total. The van der Waals surface area contributed by atoms with Crippen LogP contribution >= 0.6 is 11.3 Å². The first kappa shape index (κ1) is 20.8. The Morgan fingerprint density at radius 1 is 1.07 bits per heavy atom. The third-order valence-corrected chi connectivity index (χ3v) is 6.55. The summed E-state index contributed by atoms with van der Waals surface area (Å²) in [5, 5.41) is 0.983. The van der Waals surface area contributed by atoms with Gasteiger partial charge in [0.15, 0.2) is 0 Å². The summed E-state index contributed by atoms with van der Waals surface area (Å²) in [5.74, 6) is 1.04. The number of fused-ring (bicyclic) bond motifs is 1. The van der Waals surface area contributed by atoms with Gasteiger partial charge < -0.3 is 9.64 Å². The smallest absolute Gasteiger partial charge is 0.236 e. The summed E-state index contributed by atoms with van der Waals surface area (Å²) in [7, 11) is 3.56. The van der Waals surface area contributed by atoms with Crippen molar-refractivity contribution in [3.63, 3.8) is 0 Å². The maximum atomic E-state index is 12.7. The van der Waals surface area contributed by atoms with Gasteiger partial charge in [-0.3, -0.25) is 14.6 Å². The fourth-order valence-corrected chi connectivity index (χ4v) is 4.71. The van der Waals surface area contributed by atoms with E-state index >= 15 is 0 Å². The van der Waals surface area contributed by atoms with Gasteiger partial charge >= 0.3 is 0 Å². The molecule has 1 aromatic heterocycles. The molecule has 0 atom stereocenters. The van der Waals surface area contributed by atoms with Gasteiger partial charge in [0.2, 0.25) is 5.91 Å². The molecule has 1 amide bonds. The molecule has 0 saturated carbocycles. The Morgan fingerprint density at radius 2 is 1.77 bits per heavy atom. The van der Waals surface area contributed by atoms with Crippen LogP contribution in [0.1, 0.15) is 10.6 Å². The quantitative estimate of drug-likeness (QED) is 0.583. The molecule has 0 bridgehead atoms. The molecule has 2 aromatic carbocycles. The Morgan fingerprint density at radius 3 is 2.47 bits per heavy atom. The molecule has 1 aliphatic rings. The number of piperazine rings is 1. The van der Waals surface area contributed by atoms with E-state index < -0.39 is 0 Å². The van der Waals surface area contributed by atoms with Crippen molar-refractivity contribution in [2.45, 2.75) is 13.1 Å². The number of carbonyl (C=O) groups is 1. The first-order chi connectivity index (χ1) is 14.6. The van der Waals surface area contributed by atoms with Crippen LogP contribution in [-0.2, 0) is 17.9 Å². The molecule has 0 spiro atoms. The third-order valence-electron chi connectivity index (χ3n) is 5.53. The molecule has 6 nitrogen and oxygen atoms in total. The Hall–Kier alpha value is -2.48. The summed E-state index contributed by atoms with van der Waals surface area (Å²) in [5.41, 5.74) is 2.29. The van der Waals surface area contributed by atoms with Crippen LogP contribution in [0.2, 0.25) is 0 Å². The van der Waals surface area contributed by atoms with Crippen molar-refractivity contribution in [2.75, 3.05) is 46.9 Å². The lowest BCUT2D eigenvalue weighted by Gasteiger charge is -2.35. The average molecular weight is 425 g/mol. The van der Waals surface area contributed by atoms with Gasteiger partial charge in [-0.25, -0.2) is 4.98 Å². The second-order valence-corrected chi connectivity index (χ2v) is 8.84. The zero-order valence-corrected chi connectivity index (χ0v) is 18.4. The number of methoxy groups -OCH3 is 1. The highest BCUT2D eigenvalue weighted by Gasteiger charge is 2.21. The normalized spacial score (nSPS) is 15.4. The van der Waals surface area contributed by atoms with E-state index in [0.29, 0.717) is 13.1 Å². The van der Waals surface area contributed by atoms with Crippen LogP contribution in [0, 0.1) is 0 Å². The predicted molar refractivity (Wildman–Crippen MR) is 121 cm³/mol. The van der Waals surface area contributed by atoms with Crippen LogP contribution < -0.4 is 4.74 Å². The summed E-state index contributed by atoms with van der Waals surface area (Å²) in [6.45, 7) is 5.74. The molecule has 4 rings (SSSR count). The van der Waals surface area contributed by atoms with E-state index in [1.807, 2.05) is 37.4 Å². The van der Waals surface area contributed by atoms with Crippen LogP contribution in [0.15, 0.2) is 48.5 Å². The van der Waals surface area contributed by atoms with E-state index in [1.54, 1.807) is 23.3 Å². The number of aromatic nitrogens is 1. The third kappa shape index (κ3) is 5.16. The van der Waals surface area contributed by atoms with Gasteiger partial charge in [0.25, 0.3) is 0 Å². The van der Waals surface area contributed by atoms with Gasteiger partial charge in [-0.05, 0) is 29.8 Å². The Labute approximate surface area is 181 Å². The van der Waals surface area contributed by atoms with Crippen molar-refractivity contribution >= 4 is 27.5 Å². The highest BCUT2D eigenvalue weighted by molar-refractivity contribution is 7.18. The Bertz CT molecular complexity index is 947. The number of benzene rings is 2. The van der Waals surface area contributed by atoms with Gasteiger partial charge in [0, 0.05) is 39.8 Å². The molecule has 0 unspecified atom stereocenters. The molecule has 2 heterocycles. The monoisotopic (exact) mass is 424 g/mol. The first-order valence-corrected chi connectivity index (χ1v) is 11.1.